The Morgan fingerprint density at radius 2 is 1.81 bits per heavy atom. The summed E-state index contributed by atoms with van der Waals surface area (Å²) in [5.41, 5.74) is 1.73. The fraction of sp³-hybridized carbons (Fsp3) is 0.650. The first-order valence-electron chi connectivity index (χ1n) is 9.75. The molecular weight excluding hydrogens is 360 g/mol. The second-order valence-corrected chi connectivity index (χ2v) is 13.6. The maximum atomic E-state index is 11.3. The Bertz CT molecular complexity index is 681. The number of nitro groups is 1. The van der Waals surface area contributed by atoms with E-state index in [1.165, 1.54) is 6.07 Å². The van der Waals surface area contributed by atoms with Gasteiger partial charge in [-0.15, -0.1) is 0 Å². The number of nitrogens with zero attached hydrogens (tertiary/aromatic N) is 2. The molecule has 150 valence electrons. The molecule has 6 nitrogen and oxygen atoms in total. The molecule has 0 saturated carbocycles. The zero-order chi connectivity index (χ0) is 20.4. The molecular formula is C20H32N2O4Si. The van der Waals surface area contributed by atoms with Crippen molar-refractivity contribution in [3.05, 3.63) is 40.2 Å². The van der Waals surface area contributed by atoms with E-state index >= 15 is 0 Å². The maximum Gasteiger partial charge on any atom is 0.298 e. The largest absolute Gasteiger partial charge is 0.486 e. The Morgan fingerprint density at radius 1 is 1.22 bits per heavy atom. The summed E-state index contributed by atoms with van der Waals surface area (Å²) < 4.78 is 12.9. The molecule has 0 aromatic carbocycles. The molecule has 2 heterocycles. The Balaban J connectivity index is 2.29. The standard InChI is InChI=1S/C20H32N2O4Si/c1-13(2)27(14(3)4,15(5)6)26-18-10-11-19(25-16(18)7)20-17(22(23)24)9-8-12-21-20/h8-9,11-16,18H,10H2,1-7H3. The Labute approximate surface area is 163 Å². The molecule has 0 radical (unpaired) electrons. The van der Waals surface area contributed by atoms with Gasteiger partial charge in [0.15, 0.2) is 5.69 Å². The van der Waals surface area contributed by atoms with Gasteiger partial charge in [0.25, 0.3) is 5.69 Å². The van der Waals surface area contributed by atoms with Gasteiger partial charge >= 0.3 is 0 Å². The highest BCUT2D eigenvalue weighted by Crippen LogP contribution is 2.44. The maximum absolute atomic E-state index is 11.3. The third-order valence-electron chi connectivity index (χ3n) is 5.65. The van der Waals surface area contributed by atoms with Gasteiger partial charge in [-0.3, -0.25) is 10.1 Å². The first-order valence-corrected chi connectivity index (χ1v) is 11.9. The summed E-state index contributed by atoms with van der Waals surface area (Å²) >= 11 is 0. The van der Waals surface area contributed by atoms with Crippen LogP contribution in [-0.4, -0.2) is 30.4 Å². The molecule has 27 heavy (non-hydrogen) atoms. The molecule has 2 atom stereocenters. The van der Waals surface area contributed by atoms with Crippen LogP contribution in [0.2, 0.25) is 16.6 Å². The molecule has 1 aromatic rings. The van der Waals surface area contributed by atoms with Gasteiger partial charge in [-0.1, -0.05) is 41.5 Å². The Morgan fingerprint density at radius 3 is 2.30 bits per heavy atom. The molecule has 0 amide bonds. The predicted molar refractivity (Wildman–Crippen MR) is 110 cm³/mol. The van der Waals surface area contributed by atoms with E-state index in [1.807, 2.05) is 13.0 Å². The van der Waals surface area contributed by atoms with Crippen molar-refractivity contribution in [1.29, 1.82) is 0 Å². The Kier molecular flexibility index (Phi) is 6.81. The van der Waals surface area contributed by atoms with E-state index in [2.05, 4.69) is 46.5 Å². The molecule has 1 aliphatic heterocycles. The van der Waals surface area contributed by atoms with E-state index in [9.17, 15) is 10.1 Å². The Hall–Kier alpha value is -1.73. The number of ether oxygens (including phenoxy) is 1. The van der Waals surface area contributed by atoms with Crippen LogP contribution in [0.4, 0.5) is 5.69 Å². The molecule has 0 N–H and O–H groups in total. The molecule has 1 aliphatic rings. The third-order valence-corrected chi connectivity index (χ3v) is 11.8. The molecule has 0 saturated heterocycles. The monoisotopic (exact) mass is 392 g/mol. The SMILES string of the molecule is CC1OC(c2ncccc2[N+](=O)[O-])=CCC1O[Si](C(C)C)(C(C)C)C(C)C. The first kappa shape index (κ1) is 21.6. The van der Waals surface area contributed by atoms with Crippen molar-refractivity contribution in [3.63, 3.8) is 0 Å². The summed E-state index contributed by atoms with van der Waals surface area (Å²) in [5.74, 6) is 0.473. The van der Waals surface area contributed by atoms with Crippen LogP contribution < -0.4 is 0 Å². The van der Waals surface area contributed by atoms with Gasteiger partial charge in [-0.25, -0.2) is 4.98 Å². The number of rotatable bonds is 7. The zero-order valence-electron chi connectivity index (χ0n) is 17.4. The third kappa shape index (κ3) is 4.24. The average molecular weight is 393 g/mol. The van der Waals surface area contributed by atoms with Gasteiger partial charge in [0.1, 0.15) is 11.9 Å². The first-order chi connectivity index (χ1) is 12.6. The molecule has 0 spiro atoms. The van der Waals surface area contributed by atoms with E-state index in [4.69, 9.17) is 9.16 Å². The summed E-state index contributed by atoms with van der Waals surface area (Å²) in [6, 6.07) is 3.02. The van der Waals surface area contributed by atoms with E-state index in [0.717, 1.165) is 0 Å². The van der Waals surface area contributed by atoms with E-state index < -0.39 is 13.2 Å². The average Bonchev–Trinajstić information content (AvgIpc) is 2.59. The second kappa shape index (κ2) is 8.52. The summed E-state index contributed by atoms with van der Waals surface area (Å²) in [6.45, 7) is 15.6. The van der Waals surface area contributed by atoms with Crippen molar-refractivity contribution in [3.8, 4) is 0 Å². The lowest BCUT2D eigenvalue weighted by Crippen LogP contribution is -2.52. The fourth-order valence-electron chi connectivity index (χ4n) is 4.44. The molecule has 2 rings (SSSR count). The van der Waals surface area contributed by atoms with Gasteiger partial charge in [-0.2, -0.15) is 0 Å². The van der Waals surface area contributed by atoms with Crippen LogP contribution in [0.3, 0.4) is 0 Å². The van der Waals surface area contributed by atoms with Gasteiger partial charge in [0.2, 0.25) is 8.32 Å². The minimum absolute atomic E-state index is 0.0365. The summed E-state index contributed by atoms with van der Waals surface area (Å²) in [7, 11) is -2.02. The van der Waals surface area contributed by atoms with Crippen molar-refractivity contribution in [2.45, 2.75) is 83.7 Å². The molecule has 2 unspecified atom stereocenters. The summed E-state index contributed by atoms with van der Waals surface area (Å²) in [6.07, 6.45) is 3.88. The molecule has 0 aliphatic carbocycles. The van der Waals surface area contributed by atoms with Crippen LogP contribution in [0.5, 0.6) is 0 Å². The van der Waals surface area contributed by atoms with Crippen LogP contribution in [0.1, 0.15) is 60.6 Å². The normalized spacial score (nSPS) is 20.7. The van der Waals surface area contributed by atoms with Crippen molar-refractivity contribution in [1.82, 2.24) is 4.98 Å². The topological polar surface area (TPSA) is 74.5 Å². The van der Waals surface area contributed by atoms with Crippen LogP contribution in [0, 0.1) is 10.1 Å². The summed E-state index contributed by atoms with van der Waals surface area (Å²) in [5, 5.41) is 11.3. The molecule has 0 bridgehead atoms. The molecule has 1 aromatic heterocycles. The van der Waals surface area contributed by atoms with Crippen molar-refractivity contribution in [2.24, 2.45) is 0 Å². The van der Waals surface area contributed by atoms with Crippen molar-refractivity contribution < 1.29 is 14.1 Å². The van der Waals surface area contributed by atoms with Gasteiger partial charge in [0, 0.05) is 12.3 Å². The van der Waals surface area contributed by atoms with Gasteiger partial charge in [0.05, 0.1) is 11.0 Å². The van der Waals surface area contributed by atoms with Crippen molar-refractivity contribution in [2.75, 3.05) is 0 Å². The fourth-order valence-corrected chi connectivity index (χ4v) is 10.1. The lowest BCUT2D eigenvalue weighted by Gasteiger charge is -2.46. The smallest absolute Gasteiger partial charge is 0.298 e. The highest BCUT2D eigenvalue weighted by molar-refractivity contribution is 6.77. The van der Waals surface area contributed by atoms with Crippen LogP contribution in [-0.2, 0) is 9.16 Å². The second-order valence-electron chi connectivity index (χ2n) is 8.23. The quantitative estimate of drug-likeness (QED) is 0.338. The van der Waals surface area contributed by atoms with E-state index in [1.54, 1.807) is 12.3 Å². The number of hydrogen-bond acceptors (Lipinski definition) is 5. The number of aromatic nitrogens is 1. The minimum atomic E-state index is -2.02. The lowest BCUT2D eigenvalue weighted by molar-refractivity contribution is -0.385. The molecule has 0 fully saturated rings. The van der Waals surface area contributed by atoms with E-state index in [-0.39, 0.29) is 23.6 Å². The van der Waals surface area contributed by atoms with Crippen LogP contribution in [0.15, 0.2) is 24.4 Å². The lowest BCUT2D eigenvalue weighted by atomic mass is 10.1. The predicted octanol–water partition coefficient (Wildman–Crippen LogP) is 5.70. The van der Waals surface area contributed by atoms with Crippen LogP contribution >= 0.6 is 0 Å². The summed E-state index contributed by atoms with van der Waals surface area (Å²) in [4.78, 5) is 15.0. The highest BCUT2D eigenvalue weighted by atomic mass is 28.4. The molecule has 7 heteroatoms. The van der Waals surface area contributed by atoms with Crippen molar-refractivity contribution >= 4 is 19.8 Å². The minimum Gasteiger partial charge on any atom is -0.486 e. The zero-order valence-corrected chi connectivity index (χ0v) is 18.4. The van der Waals surface area contributed by atoms with E-state index in [0.29, 0.717) is 28.8 Å². The van der Waals surface area contributed by atoms with Gasteiger partial charge < -0.3 is 9.16 Å². The van der Waals surface area contributed by atoms with Crippen LogP contribution in [0.25, 0.3) is 5.76 Å². The number of pyridine rings is 1. The van der Waals surface area contributed by atoms with Gasteiger partial charge in [-0.05, 0) is 42.1 Å². The highest BCUT2D eigenvalue weighted by Gasteiger charge is 2.48. The number of hydrogen-bond donors (Lipinski definition) is 0.